The minimum Gasteiger partial charge on any atom is -0.444 e. The summed E-state index contributed by atoms with van der Waals surface area (Å²) in [4.78, 5) is 48.8. The summed E-state index contributed by atoms with van der Waals surface area (Å²) in [5.74, 6) is -0.585. The van der Waals surface area contributed by atoms with E-state index >= 15 is 0 Å². The molecule has 1 unspecified atom stereocenters. The van der Waals surface area contributed by atoms with Crippen LogP contribution in [0.15, 0.2) is 40.4 Å². The number of rotatable bonds is 8. The molecule has 3 aromatic rings. The van der Waals surface area contributed by atoms with Gasteiger partial charge in [0.1, 0.15) is 17.4 Å². The van der Waals surface area contributed by atoms with Crippen molar-refractivity contribution in [2.24, 2.45) is 5.92 Å². The number of aliphatic hydroxyl groups excluding tert-OH is 1. The molecule has 4 heterocycles. The molecule has 254 valence electrons. The SMILES string of the molecule is Cc1ncsc1-c1ccc([C@H](C)NC(=O)[C@@H]2C[C@@H](O)CN2C(=O)C(c2cc(C3CCN(C(=O)OC(C)(C)C)CC3)on2)C(C)C)cc1. The largest absolute Gasteiger partial charge is 0.444 e. The van der Waals surface area contributed by atoms with Crippen molar-refractivity contribution < 1.29 is 28.8 Å². The van der Waals surface area contributed by atoms with E-state index in [-0.39, 0.29) is 48.8 Å². The second kappa shape index (κ2) is 14.1. The fourth-order valence-electron chi connectivity index (χ4n) is 6.45. The van der Waals surface area contributed by atoms with Gasteiger partial charge in [-0.15, -0.1) is 11.3 Å². The molecule has 4 atom stereocenters. The van der Waals surface area contributed by atoms with Gasteiger partial charge in [-0.1, -0.05) is 43.3 Å². The van der Waals surface area contributed by atoms with Crippen LogP contribution in [0, 0.1) is 12.8 Å². The summed E-state index contributed by atoms with van der Waals surface area (Å²) >= 11 is 1.59. The van der Waals surface area contributed by atoms with Crippen LogP contribution in [-0.2, 0) is 14.3 Å². The quantitative estimate of drug-likeness (QED) is 0.308. The van der Waals surface area contributed by atoms with Gasteiger partial charge in [-0.2, -0.15) is 0 Å². The average Bonchev–Trinajstić information content (AvgIpc) is 3.76. The van der Waals surface area contributed by atoms with Crippen LogP contribution in [-0.4, -0.2) is 80.3 Å². The first-order valence-electron chi connectivity index (χ1n) is 16.5. The van der Waals surface area contributed by atoms with Crippen LogP contribution in [0.5, 0.6) is 0 Å². The Bertz CT molecular complexity index is 1550. The zero-order valence-electron chi connectivity index (χ0n) is 28.4. The number of benzene rings is 1. The Kier molecular flexibility index (Phi) is 10.4. The molecule has 0 saturated carbocycles. The molecule has 2 saturated heterocycles. The lowest BCUT2D eigenvalue weighted by molar-refractivity contribution is -0.140. The Morgan fingerprint density at radius 2 is 1.79 bits per heavy atom. The van der Waals surface area contributed by atoms with E-state index in [2.05, 4.69) is 15.5 Å². The van der Waals surface area contributed by atoms with Crippen molar-refractivity contribution in [1.29, 1.82) is 0 Å². The van der Waals surface area contributed by atoms with Gasteiger partial charge in [-0.25, -0.2) is 9.78 Å². The number of aryl methyl sites for hydroxylation is 1. The molecule has 0 aliphatic carbocycles. The number of nitrogens with one attached hydrogen (secondary N) is 1. The highest BCUT2D eigenvalue weighted by Crippen LogP contribution is 2.35. The van der Waals surface area contributed by atoms with Gasteiger partial charge < -0.3 is 29.5 Å². The second-order valence-electron chi connectivity index (χ2n) is 14.1. The number of piperidine rings is 1. The average molecular weight is 666 g/mol. The first-order valence-corrected chi connectivity index (χ1v) is 17.3. The predicted octanol–water partition coefficient (Wildman–Crippen LogP) is 5.80. The fraction of sp³-hybridized carbons (Fsp3) is 0.571. The third kappa shape index (κ3) is 8.03. The highest BCUT2D eigenvalue weighted by molar-refractivity contribution is 7.13. The van der Waals surface area contributed by atoms with Gasteiger partial charge in [0.15, 0.2) is 0 Å². The number of thiazole rings is 1. The molecular weight excluding hydrogens is 618 g/mol. The van der Waals surface area contributed by atoms with Crippen LogP contribution in [0.1, 0.15) is 101 Å². The molecule has 5 rings (SSSR count). The van der Waals surface area contributed by atoms with Gasteiger partial charge >= 0.3 is 6.09 Å². The van der Waals surface area contributed by atoms with Gasteiger partial charge in [0.2, 0.25) is 11.8 Å². The maximum atomic E-state index is 14.1. The molecule has 2 fully saturated rings. The second-order valence-corrected chi connectivity index (χ2v) is 15.0. The summed E-state index contributed by atoms with van der Waals surface area (Å²) < 4.78 is 11.3. The van der Waals surface area contributed by atoms with E-state index in [1.54, 1.807) is 16.2 Å². The monoisotopic (exact) mass is 665 g/mol. The summed E-state index contributed by atoms with van der Waals surface area (Å²) in [6.45, 7) is 14.5. The number of aromatic nitrogens is 2. The number of hydrogen-bond acceptors (Lipinski definition) is 9. The number of aliphatic hydroxyl groups is 1. The van der Waals surface area contributed by atoms with Crippen molar-refractivity contribution >= 4 is 29.2 Å². The number of β-amino-alcohol motifs (C(OH)–C–C–N with tert-alkyl or cyclic N) is 1. The topological polar surface area (TPSA) is 138 Å². The Morgan fingerprint density at radius 3 is 2.38 bits per heavy atom. The molecule has 2 aliphatic rings. The third-order valence-electron chi connectivity index (χ3n) is 8.99. The molecule has 0 radical (unpaired) electrons. The minimum absolute atomic E-state index is 0.0616. The number of ether oxygens (including phenoxy) is 1. The van der Waals surface area contributed by atoms with Crippen molar-refractivity contribution in [2.75, 3.05) is 19.6 Å². The molecule has 3 amide bonds. The van der Waals surface area contributed by atoms with E-state index in [4.69, 9.17) is 9.26 Å². The number of likely N-dealkylation sites (tertiary alicyclic amines) is 2. The number of hydrogen-bond donors (Lipinski definition) is 2. The molecular formula is C35H47N5O6S. The van der Waals surface area contributed by atoms with Gasteiger partial charge in [0, 0.05) is 38.0 Å². The molecule has 11 nitrogen and oxygen atoms in total. The van der Waals surface area contributed by atoms with Gasteiger partial charge in [0.25, 0.3) is 0 Å². The summed E-state index contributed by atoms with van der Waals surface area (Å²) in [7, 11) is 0. The van der Waals surface area contributed by atoms with Crippen molar-refractivity contribution in [3.05, 3.63) is 58.6 Å². The van der Waals surface area contributed by atoms with E-state index in [0.29, 0.717) is 37.4 Å². The van der Waals surface area contributed by atoms with Crippen LogP contribution >= 0.6 is 11.3 Å². The third-order valence-corrected chi connectivity index (χ3v) is 9.97. The van der Waals surface area contributed by atoms with Crippen molar-refractivity contribution in [3.8, 4) is 10.4 Å². The number of carbonyl (C=O) groups excluding carboxylic acids is 3. The van der Waals surface area contributed by atoms with E-state index < -0.39 is 23.7 Å². The Hall–Kier alpha value is -3.77. The molecule has 47 heavy (non-hydrogen) atoms. The van der Waals surface area contributed by atoms with Crippen LogP contribution in [0.3, 0.4) is 0 Å². The standard InChI is InChI=1S/C35H47N5O6S/c1-20(2)30(27-17-29(46-38-27)24-12-14-39(15-13-24)34(44)45-35(5,6)7)33(43)40-18-26(41)16-28(40)32(42)37-21(3)23-8-10-25(11-9-23)31-22(4)36-19-47-31/h8-11,17,19-21,24,26,28,30,41H,12-16,18H2,1-7H3,(H,37,42)/t21-,26+,28-,30?/m0/s1. The van der Waals surface area contributed by atoms with Crippen molar-refractivity contribution in [1.82, 2.24) is 25.3 Å². The maximum Gasteiger partial charge on any atom is 0.410 e. The minimum atomic E-state index is -0.803. The van der Waals surface area contributed by atoms with E-state index in [1.165, 1.54) is 4.90 Å². The van der Waals surface area contributed by atoms with E-state index in [9.17, 15) is 19.5 Å². The van der Waals surface area contributed by atoms with Crippen molar-refractivity contribution in [2.45, 2.75) is 103 Å². The normalized spacial score (nSPS) is 20.4. The molecule has 1 aromatic carbocycles. The van der Waals surface area contributed by atoms with Gasteiger partial charge in [-0.05, 0) is 64.5 Å². The Morgan fingerprint density at radius 1 is 1.11 bits per heavy atom. The van der Waals surface area contributed by atoms with E-state index in [0.717, 1.165) is 21.7 Å². The lowest BCUT2D eigenvalue weighted by atomic mass is 9.88. The smallest absolute Gasteiger partial charge is 0.410 e. The maximum absolute atomic E-state index is 14.1. The summed E-state index contributed by atoms with van der Waals surface area (Å²) in [6, 6.07) is 8.78. The van der Waals surface area contributed by atoms with Crippen molar-refractivity contribution in [3.63, 3.8) is 0 Å². The number of amides is 3. The molecule has 2 aliphatic heterocycles. The predicted molar refractivity (Wildman–Crippen MR) is 179 cm³/mol. The highest BCUT2D eigenvalue weighted by atomic mass is 32.1. The fourth-order valence-corrected chi connectivity index (χ4v) is 7.26. The Balaban J connectivity index is 1.23. The molecule has 12 heteroatoms. The van der Waals surface area contributed by atoms with Gasteiger partial charge in [0.05, 0.1) is 39.8 Å². The molecule has 2 aromatic heterocycles. The number of nitrogens with zero attached hydrogens (tertiary/aromatic N) is 4. The molecule has 0 bridgehead atoms. The first kappa shape index (κ1) is 34.6. The summed E-state index contributed by atoms with van der Waals surface area (Å²) in [5, 5.41) is 18.0. The summed E-state index contributed by atoms with van der Waals surface area (Å²) in [5.41, 5.74) is 4.78. The summed E-state index contributed by atoms with van der Waals surface area (Å²) in [6.07, 6.45) is 0.433. The van der Waals surface area contributed by atoms with Crippen LogP contribution in [0.25, 0.3) is 10.4 Å². The van der Waals surface area contributed by atoms with Crippen LogP contribution in [0.2, 0.25) is 0 Å². The number of carbonyl (C=O) groups is 3. The zero-order chi connectivity index (χ0) is 34.0. The first-order chi connectivity index (χ1) is 22.2. The van der Waals surface area contributed by atoms with Gasteiger partial charge in [-0.3, -0.25) is 9.59 Å². The Labute approximate surface area is 280 Å². The zero-order valence-corrected chi connectivity index (χ0v) is 29.2. The lowest BCUT2D eigenvalue weighted by Gasteiger charge is -2.32. The molecule has 2 N–H and O–H groups in total. The lowest BCUT2D eigenvalue weighted by Crippen LogP contribution is -2.48. The van der Waals surface area contributed by atoms with Crippen LogP contribution < -0.4 is 5.32 Å². The highest BCUT2D eigenvalue weighted by Gasteiger charge is 2.43. The van der Waals surface area contributed by atoms with E-state index in [1.807, 2.05) is 84.3 Å². The molecule has 0 spiro atoms. The van der Waals surface area contributed by atoms with Crippen LogP contribution in [0.4, 0.5) is 4.79 Å².